The van der Waals surface area contributed by atoms with Crippen molar-refractivity contribution in [3.8, 4) is 5.75 Å². The molecule has 0 radical (unpaired) electrons. The molecule has 1 rings (SSSR count). The predicted molar refractivity (Wildman–Crippen MR) is 63.4 cm³/mol. The van der Waals surface area contributed by atoms with Gasteiger partial charge in [0.25, 0.3) is 5.69 Å². The second kappa shape index (κ2) is 5.79. The van der Waals surface area contributed by atoms with Gasteiger partial charge in [0.1, 0.15) is 12.4 Å². The number of ketones is 1. The third kappa shape index (κ3) is 3.41. The lowest BCUT2D eigenvalue weighted by Crippen LogP contribution is -2.01. The summed E-state index contributed by atoms with van der Waals surface area (Å²) >= 11 is 0. The first kappa shape index (κ1) is 12.9. The Balaban J connectivity index is 3.01. The fraction of sp³-hybridized carbons (Fsp3) is 0.250. The zero-order valence-corrected chi connectivity index (χ0v) is 9.67. The van der Waals surface area contributed by atoms with Crippen LogP contribution < -0.4 is 4.74 Å². The number of hydrogen-bond acceptors (Lipinski definition) is 4. The van der Waals surface area contributed by atoms with E-state index in [0.29, 0.717) is 12.4 Å². The zero-order chi connectivity index (χ0) is 12.8. The standard InChI is InChI=1S/C12H13NO4/c1-3-4-7-17-10-5-6-12(13(15)16)11(8-10)9(2)14/h3-6,8H,7H2,1-2H3/b4-3+. The first-order valence-electron chi connectivity index (χ1n) is 5.09. The van der Waals surface area contributed by atoms with Crippen LogP contribution in [-0.4, -0.2) is 17.3 Å². The Labute approximate surface area is 98.9 Å². The second-order valence-corrected chi connectivity index (χ2v) is 3.37. The molecular formula is C12H13NO4. The summed E-state index contributed by atoms with van der Waals surface area (Å²) in [7, 11) is 0. The highest BCUT2D eigenvalue weighted by Gasteiger charge is 2.17. The van der Waals surface area contributed by atoms with Crippen LogP contribution in [0.15, 0.2) is 30.4 Å². The van der Waals surface area contributed by atoms with Crippen LogP contribution in [0.3, 0.4) is 0 Å². The quantitative estimate of drug-likeness (QED) is 0.340. The molecule has 5 heteroatoms. The third-order valence-corrected chi connectivity index (χ3v) is 2.13. The van der Waals surface area contributed by atoms with E-state index < -0.39 is 4.92 Å². The average molecular weight is 235 g/mol. The Morgan fingerprint density at radius 3 is 2.76 bits per heavy atom. The number of carbonyl (C=O) groups is 1. The molecule has 5 nitrogen and oxygen atoms in total. The number of nitro benzene ring substituents is 1. The average Bonchev–Trinajstić information content (AvgIpc) is 2.29. The smallest absolute Gasteiger partial charge is 0.280 e. The highest BCUT2D eigenvalue weighted by atomic mass is 16.6. The van der Waals surface area contributed by atoms with Crippen molar-refractivity contribution in [2.24, 2.45) is 0 Å². The topological polar surface area (TPSA) is 69.4 Å². The molecular weight excluding hydrogens is 222 g/mol. The van der Waals surface area contributed by atoms with Gasteiger partial charge in [-0.2, -0.15) is 0 Å². The van der Waals surface area contributed by atoms with Crippen molar-refractivity contribution in [3.05, 3.63) is 46.0 Å². The van der Waals surface area contributed by atoms with Crippen LogP contribution in [0.5, 0.6) is 5.75 Å². The van der Waals surface area contributed by atoms with Crippen LogP contribution in [0.1, 0.15) is 24.2 Å². The SMILES string of the molecule is C/C=C/COc1ccc([N+](=O)[O-])c(C(C)=O)c1. The molecule has 0 spiro atoms. The number of allylic oxidation sites excluding steroid dienone is 1. The highest BCUT2D eigenvalue weighted by molar-refractivity contribution is 5.98. The van der Waals surface area contributed by atoms with Crippen LogP contribution in [-0.2, 0) is 0 Å². The van der Waals surface area contributed by atoms with Gasteiger partial charge in [-0.05, 0) is 26.0 Å². The van der Waals surface area contributed by atoms with Gasteiger partial charge < -0.3 is 4.74 Å². The largest absolute Gasteiger partial charge is 0.490 e. The van der Waals surface area contributed by atoms with Crippen molar-refractivity contribution in [3.63, 3.8) is 0 Å². The van der Waals surface area contributed by atoms with Gasteiger partial charge in [0.15, 0.2) is 5.78 Å². The number of nitrogens with zero attached hydrogens (tertiary/aromatic N) is 1. The maximum Gasteiger partial charge on any atom is 0.280 e. The maximum atomic E-state index is 11.3. The summed E-state index contributed by atoms with van der Waals surface area (Å²) < 4.78 is 5.31. The minimum absolute atomic E-state index is 0.0629. The minimum atomic E-state index is -0.577. The van der Waals surface area contributed by atoms with E-state index in [1.807, 2.05) is 13.0 Å². The molecule has 0 amide bonds. The van der Waals surface area contributed by atoms with Gasteiger partial charge in [-0.1, -0.05) is 12.2 Å². The Hall–Kier alpha value is -2.17. The van der Waals surface area contributed by atoms with E-state index >= 15 is 0 Å². The van der Waals surface area contributed by atoms with E-state index in [4.69, 9.17) is 4.74 Å². The summed E-state index contributed by atoms with van der Waals surface area (Å²) in [6, 6.07) is 4.15. The first-order chi connectivity index (χ1) is 8.06. The molecule has 0 heterocycles. The summed E-state index contributed by atoms with van der Waals surface area (Å²) in [6.45, 7) is 3.52. The second-order valence-electron chi connectivity index (χ2n) is 3.37. The van der Waals surface area contributed by atoms with Gasteiger partial charge in [-0.25, -0.2) is 0 Å². The molecule has 0 aliphatic heterocycles. The summed E-state index contributed by atoms with van der Waals surface area (Å²) in [5.41, 5.74) is -0.135. The Morgan fingerprint density at radius 1 is 1.53 bits per heavy atom. The van der Waals surface area contributed by atoms with Crippen molar-refractivity contribution in [1.29, 1.82) is 0 Å². The van der Waals surface area contributed by atoms with Crippen molar-refractivity contribution in [2.75, 3.05) is 6.61 Å². The molecule has 0 saturated heterocycles. The van der Waals surface area contributed by atoms with Crippen molar-refractivity contribution in [2.45, 2.75) is 13.8 Å². The van der Waals surface area contributed by atoms with E-state index in [2.05, 4.69) is 0 Å². The van der Waals surface area contributed by atoms with Crippen molar-refractivity contribution < 1.29 is 14.5 Å². The van der Waals surface area contributed by atoms with Gasteiger partial charge in [-0.3, -0.25) is 14.9 Å². The number of rotatable bonds is 5. The third-order valence-electron chi connectivity index (χ3n) is 2.13. The molecule has 90 valence electrons. The van der Waals surface area contributed by atoms with Gasteiger partial charge in [0, 0.05) is 6.07 Å². The van der Waals surface area contributed by atoms with Crippen molar-refractivity contribution in [1.82, 2.24) is 0 Å². The number of nitro groups is 1. The molecule has 0 saturated carbocycles. The monoisotopic (exact) mass is 235 g/mol. The van der Waals surface area contributed by atoms with Crippen LogP contribution in [0, 0.1) is 10.1 Å². The fourth-order valence-electron chi connectivity index (χ4n) is 1.29. The molecule has 0 bridgehead atoms. The fourth-order valence-corrected chi connectivity index (χ4v) is 1.29. The molecule has 0 aliphatic carbocycles. The number of hydrogen-bond donors (Lipinski definition) is 0. The maximum absolute atomic E-state index is 11.3. The van der Waals surface area contributed by atoms with Crippen LogP contribution in [0.25, 0.3) is 0 Å². The summed E-state index contributed by atoms with van der Waals surface area (Å²) in [5, 5.41) is 10.7. The van der Waals surface area contributed by atoms with Crippen LogP contribution >= 0.6 is 0 Å². The molecule has 0 fully saturated rings. The number of carbonyl (C=O) groups excluding carboxylic acids is 1. The number of benzene rings is 1. The predicted octanol–water partition coefficient (Wildman–Crippen LogP) is 2.75. The van der Waals surface area contributed by atoms with Gasteiger partial charge in [0.05, 0.1) is 10.5 Å². The summed E-state index contributed by atoms with van der Waals surface area (Å²) in [5.74, 6) is 0.0899. The molecule has 0 unspecified atom stereocenters. The van der Waals surface area contributed by atoms with E-state index in [-0.39, 0.29) is 17.0 Å². The molecule has 17 heavy (non-hydrogen) atoms. The van der Waals surface area contributed by atoms with Crippen LogP contribution in [0.4, 0.5) is 5.69 Å². The lowest BCUT2D eigenvalue weighted by atomic mass is 10.1. The molecule has 0 aromatic heterocycles. The van der Waals surface area contributed by atoms with Gasteiger partial charge in [-0.15, -0.1) is 0 Å². The molecule has 0 N–H and O–H groups in total. The van der Waals surface area contributed by atoms with E-state index in [9.17, 15) is 14.9 Å². The normalized spacial score (nSPS) is 10.5. The Morgan fingerprint density at radius 2 is 2.24 bits per heavy atom. The molecule has 0 aliphatic rings. The van der Waals surface area contributed by atoms with Crippen molar-refractivity contribution >= 4 is 11.5 Å². The molecule has 1 aromatic carbocycles. The summed E-state index contributed by atoms with van der Waals surface area (Å²) in [4.78, 5) is 21.4. The summed E-state index contributed by atoms with van der Waals surface area (Å²) in [6.07, 6.45) is 3.63. The van der Waals surface area contributed by atoms with Gasteiger partial charge in [0.2, 0.25) is 0 Å². The minimum Gasteiger partial charge on any atom is -0.490 e. The molecule has 1 aromatic rings. The number of Topliss-reactive ketones (excluding diaryl/α,β-unsaturated/α-hetero) is 1. The Bertz CT molecular complexity index is 466. The highest BCUT2D eigenvalue weighted by Crippen LogP contribution is 2.24. The van der Waals surface area contributed by atoms with Crippen LogP contribution in [0.2, 0.25) is 0 Å². The van der Waals surface area contributed by atoms with E-state index in [1.165, 1.54) is 25.1 Å². The first-order valence-corrected chi connectivity index (χ1v) is 5.09. The lowest BCUT2D eigenvalue weighted by molar-refractivity contribution is -0.385. The zero-order valence-electron chi connectivity index (χ0n) is 9.67. The molecule has 0 atom stereocenters. The Kier molecular flexibility index (Phi) is 4.39. The van der Waals surface area contributed by atoms with Gasteiger partial charge >= 0.3 is 0 Å². The van der Waals surface area contributed by atoms with E-state index in [1.54, 1.807) is 6.08 Å². The lowest BCUT2D eigenvalue weighted by Gasteiger charge is -2.05. The van der Waals surface area contributed by atoms with E-state index in [0.717, 1.165) is 0 Å². The number of ether oxygens (including phenoxy) is 1.